The second kappa shape index (κ2) is 6.91. The standard InChI is InChI=1S/C18H26N4O2/c1-4-17(23)15-8-14-10-21(6-5-7-22(14)20-15)11-16-13(3)18(24)12(2)9-19-16/h8-9,17,23H,4-7,10-11H2,1-3H3,(H,19,24). The highest BCUT2D eigenvalue weighted by atomic mass is 16.3. The molecule has 0 spiro atoms. The van der Waals surface area contributed by atoms with Crippen molar-refractivity contribution in [2.24, 2.45) is 0 Å². The van der Waals surface area contributed by atoms with Crippen LogP contribution in [0.2, 0.25) is 0 Å². The van der Waals surface area contributed by atoms with Gasteiger partial charge in [-0.3, -0.25) is 14.4 Å². The largest absolute Gasteiger partial charge is 0.387 e. The van der Waals surface area contributed by atoms with Gasteiger partial charge in [0.1, 0.15) is 0 Å². The van der Waals surface area contributed by atoms with Crippen molar-refractivity contribution in [3.05, 3.63) is 50.7 Å². The molecule has 3 rings (SSSR count). The summed E-state index contributed by atoms with van der Waals surface area (Å²) in [6.07, 6.45) is 2.98. The molecule has 0 saturated heterocycles. The van der Waals surface area contributed by atoms with Crippen LogP contribution in [0.1, 0.15) is 54.1 Å². The lowest BCUT2D eigenvalue weighted by Crippen LogP contribution is -2.25. The van der Waals surface area contributed by atoms with Gasteiger partial charge in [0.2, 0.25) is 0 Å². The number of fused-ring (bicyclic) bond motifs is 1. The van der Waals surface area contributed by atoms with Crippen LogP contribution in [0.4, 0.5) is 0 Å². The predicted molar refractivity (Wildman–Crippen MR) is 92.7 cm³/mol. The third-order valence-corrected chi connectivity index (χ3v) is 4.84. The average molecular weight is 330 g/mol. The summed E-state index contributed by atoms with van der Waals surface area (Å²) in [7, 11) is 0. The molecule has 0 radical (unpaired) electrons. The summed E-state index contributed by atoms with van der Waals surface area (Å²) in [6, 6.07) is 2.01. The van der Waals surface area contributed by atoms with Gasteiger partial charge in [0.15, 0.2) is 5.43 Å². The number of aryl methyl sites for hydroxylation is 2. The van der Waals surface area contributed by atoms with E-state index >= 15 is 0 Å². The summed E-state index contributed by atoms with van der Waals surface area (Å²) < 4.78 is 2.01. The number of H-pyrrole nitrogens is 1. The minimum absolute atomic E-state index is 0.122. The first-order chi connectivity index (χ1) is 11.5. The Balaban J connectivity index is 1.80. The minimum atomic E-state index is -0.492. The number of hydrogen-bond donors (Lipinski definition) is 2. The van der Waals surface area contributed by atoms with Gasteiger partial charge in [0.05, 0.1) is 17.5 Å². The van der Waals surface area contributed by atoms with Crippen molar-refractivity contribution in [3.63, 3.8) is 0 Å². The van der Waals surface area contributed by atoms with Crippen LogP contribution in [0.3, 0.4) is 0 Å². The average Bonchev–Trinajstić information content (AvgIpc) is 2.88. The fourth-order valence-electron chi connectivity index (χ4n) is 3.25. The Kier molecular flexibility index (Phi) is 4.87. The van der Waals surface area contributed by atoms with Crippen molar-refractivity contribution in [1.29, 1.82) is 0 Å². The maximum Gasteiger partial charge on any atom is 0.187 e. The highest BCUT2D eigenvalue weighted by Crippen LogP contribution is 2.21. The molecule has 0 bridgehead atoms. The lowest BCUT2D eigenvalue weighted by atomic mass is 10.1. The summed E-state index contributed by atoms with van der Waals surface area (Å²) in [6.45, 7) is 9.00. The zero-order valence-corrected chi connectivity index (χ0v) is 14.7. The van der Waals surface area contributed by atoms with E-state index < -0.39 is 6.10 Å². The molecule has 0 saturated carbocycles. The van der Waals surface area contributed by atoms with E-state index in [9.17, 15) is 9.90 Å². The Bertz CT molecular complexity index is 778. The first-order valence-corrected chi connectivity index (χ1v) is 8.64. The molecule has 1 aliphatic heterocycles. The lowest BCUT2D eigenvalue weighted by Gasteiger charge is -2.20. The number of aromatic nitrogens is 3. The maximum atomic E-state index is 12.1. The van der Waals surface area contributed by atoms with E-state index in [1.54, 1.807) is 6.20 Å². The minimum Gasteiger partial charge on any atom is -0.387 e. The molecule has 2 N–H and O–H groups in total. The summed E-state index contributed by atoms with van der Waals surface area (Å²) in [5.41, 5.74) is 4.54. The molecule has 1 unspecified atom stereocenters. The van der Waals surface area contributed by atoms with Gasteiger partial charge in [-0.25, -0.2) is 0 Å². The molecule has 0 aromatic carbocycles. The summed E-state index contributed by atoms with van der Waals surface area (Å²) in [4.78, 5) is 17.7. The molecule has 1 aliphatic rings. The zero-order valence-electron chi connectivity index (χ0n) is 14.7. The number of pyridine rings is 1. The number of aromatic amines is 1. The molecular weight excluding hydrogens is 304 g/mol. The molecule has 6 nitrogen and oxygen atoms in total. The third-order valence-electron chi connectivity index (χ3n) is 4.84. The van der Waals surface area contributed by atoms with Crippen LogP contribution in [0.15, 0.2) is 17.1 Å². The van der Waals surface area contributed by atoms with E-state index in [2.05, 4.69) is 15.0 Å². The Morgan fingerprint density at radius 3 is 2.92 bits per heavy atom. The van der Waals surface area contributed by atoms with Gasteiger partial charge < -0.3 is 10.1 Å². The summed E-state index contributed by atoms with van der Waals surface area (Å²) in [5.74, 6) is 0. The number of hydrogen-bond acceptors (Lipinski definition) is 4. The maximum absolute atomic E-state index is 12.1. The Labute approximate surface area is 142 Å². The molecule has 0 fully saturated rings. The first kappa shape index (κ1) is 16.9. The van der Waals surface area contributed by atoms with E-state index in [1.165, 1.54) is 0 Å². The number of aliphatic hydroxyl groups excluding tert-OH is 1. The predicted octanol–water partition coefficient (Wildman–Crippen LogP) is 2.04. The Morgan fingerprint density at radius 2 is 2.17 bits per heavy atom. The van der Waals surface area contributed by atoms with Crippen LogP contribution in [-0.2, 0) is 19.6 Å². The van der Waals surface area contributed by atoms with E-state index in [-0.39, 0.29) is 5.43 Å². The number of nitrogens with zero attached hydrogens (tertiary/aromatic N) is 3. The Morgan fingerprint density at radius 1 is 1.38 bits per heavy atom. The van der Waals surface area contributed by atoms with Crippen LogP contribution in [0.5, 0.6) is 0 Å². The molecule has 24 heavy (non-hydrogen) atoms. The van der Waals surface area contributed by atoms with Crippen LogP contribution in [0.25, 0.3) is 0 Å². The van der Waals surface area contributed by atoms with Gasteiger partial charge in [-0.05, 0) is 32.8 Å². The molecule has 2 aromatic rings. The Hall–Kier alpha value is -1.92. The van der Waals surface area contributed by atoms with Gasteiger partial charge >= 0.3 is 0 Å². The smallest absolute Gasteiger partial charge is 0.187 e. The second-order valence-corrected chi connectivity index (χ2v) is 6.68. The first-order valence-electron chi connectivity index (χ1n) is 8.64. The lowest BCUT2D eigenvalue weighted by molar-refractivity contribution is 0.167. The molecule has 0 amide bonds. The van der Waals surface area contributed by atoms with Crippen LogP contribution in [-0.4, -0.2) is 31.3 Å². The quantitative estimate of drug-likeness (QED) is 0.900. The fourth-order valence-corrected chi connectivity index (χ4v) is 3.25. The molecule has 1 atom stereocenters. The molecule has 2 aromatic heterocycles. The van der Waals surface area contributed by atoms with E-state index in [0.29, 0.717) is 6.42 Å². The van der Waals surface area contributed by atoms with Crippen LogP contribution >= 0.6 is 0 Å². The monoisotopic (exact) mass is 330 g/mol. The number of rotatable bonds is 4. The highest BCUT2D eigenvalue weighted by Gasteiger charge is 2.20. The normalized spacial score (nSPS) is 16.7. The van der Waals surface area contributed by atoms with Gasteiger partial charge in [-0.2, -0.15) is 5.10 Å². The van der Waals surface area contributed by atoms with Crippen molar-refractivity contribution in [1.82, 2.24) is 19.7 Å². The van der Waals surface area contributed by atoms with Crippen molar-refractivity contribution in [2.75, 3.05) is 6.54 Å². The molecule has 6 heteroatoms. The van der Waals surface area contributed by atoms with Crippen molar-refractivity contribution < 1.29 is 5.11 Å². The van der Waals surface area contributed by atoms with Gasteiger partial charge in [0, 0.05) is 49.2 Å². The fraction of sp³-hybridized carbons (Fsp3) is 0.556. The van der Waals surface area contributed by atoms with Crippen molar-refractivity contribution >= 4 is 0 Å². The molecule has 3 heterocycles. The number of aliphatic hydroxyl groups is 1. The van der Waals surface area contributed by atoms with E-state index in [4.69, 9.17) is 0 Å². The van der Waals surface area contributed by atoms with E-state index in [0.717, 1.165) is 60.8 Å². The molecule has 0 aliphatic carbocycles. The van der Waals surface area contributed by atoms with Crippen molar-refractivity contribution in [3.8, 4) is 0 Å². The van der Waals surface area contributed by atoms with Crippen LogP contribution in [0, 0.1) is 13.8 Å². The SMILES string of the molecule is CCC(O)c1cc2n(n1)CCCN(Cc1[nH]cc(C)c(=O)c1C)C2. The summed E-state index contributed by atoms with van der Waals surface area (Å²) in [5, 5.41) is 14.6. The number of nitrogens with one attached hydrogen (secondary N) is 1. The van der Waals surface area contributed by atoms with E-state index in [1.807, 2.05) is 31.5 Å². The molecule has 130 valence electrons. The van der Waals surface area contributed by atoms with Gasteiger partial charge in [0.25, 0.3) is 0 Å². The second-order valence-electron chi connectivity index (χ2n) is 6.68. The third kappa shape index (κ3) is 3.30. The molecular formula is C18H26N4O2. The van der Waals surface area contributed by atoms with Gasteiger partial charge in [-0.15, -0.1) is 0 Å². The van der Waals surface area contributed by atoms with Gasteiger partial charge in [-0.1, -0.05) is 6.92 Å². The topological polar surface area (TPSA) is 74.2 Å². The van der Waals surface area contributed by atoms with Crippen molar-refractivity contribution in [2.45, 2.75) is 59.4 Å². The summed E-state index contributed by atoms with van der Waals surface area (Å²) >= 11 is 0. The highest BCUT2D eigenvalue weighted by molar-refractivity contribution is 5.23. The van der Waals surface area contributed by atoms with Crippen LogP contribution < -0.4 is 5.43 Å². The zero-order chi connectivity index (χ0) is 17.3.